The van der Waals surface area contributed by atoms with Crippen molar-refractivity contribution in [1.82, 2.24) is 14.4 Å². The van der Waals surface area contributed by atoms with Crippen LogP contribution in [0.5, 0.6) is 0 Å². The number of benzene rings is 1. The third-order valence-corrected chi connectivity index (χ3v) is 7.12. The Hall–Kier alpha value is -1.52. The van der Waals surface area contributed by atoms with E-state index in [1.54, 1.807) is 0 Å². The molecule has 2 aromatic rings. The maximum Gasteiger partial charge on any atom is 0.259 e. The molecule has 0 spiro atoms. The highest BCUT2D eigenvalue weighted by atomic mass is 35.5. The molecule has 0 radical (unpaired) electrons. The van der Waals surface area contributed by atoms with E-state index in [0.717, 1.165) is 19.3 Å². The zero-order chi connectivity index (χ0) is 18.4. The maximum absolute atomic E-state index is 12.8. The van der Waals surface area contributed by atoms with E-state index >= 15 is 0 Å². The highest BCUT2D eigenvalue weighted by Crippen LogP contribution is 2.38. The molecule has 2 heterocycles. The summed E-state index contributed by atoms with van der Waals surface area (Å²) in [7, 11) is -3.64. The summed E-state index contributed by atoms with van der Waals surface area (Å²) >= 11 is 6.25. The fourth-order valence-electron chi connectivity index (χ4n) is 3.08. The molecular weight excluding hydrogens is 380 g/mol. The number of aromatic nitrogens is 2. The highest BCUT2D eigenvalue weighted by Gasteiger charge is 2.39. The summed E-state index contributed by atoms with van der Waals surface area (Å²) in [5.74, 6) is 0.594. The standard InChI is InChI=1S/C16H19ClN4O4S/c17-13-3-2-11(26(22,23)21-6-8-24-9-7-21)10-12(13)14-19-15(20-25-14)16(18)4-1-5-16/h2-3,10H,1,4-9,18H2. The zero-order valence-corrected chi connectivity index (χ0v) is 15.6. The van der Waals surface area contributed by atoms with E-state index in [4.69, 9.17) is 26.6 Å². The fourth-order valence-corrected chi connectivity index (χ4v) is 4.71. The molecule has 1 aromatic heterocycles. The van der Waals surface area contributed by atoms with Gasteiger partial charge in [0.05, 0.1) is 34.2 Å². The third-order valence-electron chi connectivity index (χ3n) is 4.89. The van der Waals surface area contributed by atoms with Crippen molar-refractivity contribution in [3.63, 3.8) is 0 Å². The Balaban J connectivity index is 1.68. The summed E-state index contributed by atoms with van der Waals surface area (Å²) in [6.45, 7) is 1.40. The lowest BCUT2D eigenvalue weighted by Gasteiger charge is -2.34. The van der Waals surface area contributed by atoms with Crippen molar-refractivity contribution in [1.29, 1.82) is 0 Å². The van der Waals surface area contributed by atoms with Crippen LogP contribution in [0.25, 0.3) is 11.5 Å². The Morgan fingerprint density at radius 2 is 1.96 bits per heavy atom. The largest absolute Gasteiger partial charge is 0.379 e. The van der Waals surface area contributed by atoms with Gasteiger partial charge in [0, 0.05) is 13.1 Å². The molecule has 1 aromatic carbocycles. The average molecular weight is 399 g/mol. The van der Waals surface area contributed by atoms with Gasteiger partial charge in [0.25, 0.3) is 5.89 Å². The monoisotopic (exact) mass is 398 g/mol. The number of ether oxygens (including phenoxy) is 1. The first-order chi connectivity index (χ1) is 12.4. The molecule has 0 unspecified atom stereocenters. The lowest BCUT2D eigenvalue weighted by Crippen LogP contribution is -2.44. The van der Waals surface area contributed by atoms with Gasteiger partial charge in [0.2, 0.25) is 10.0 Å². The second-order valence-corrected chi connectivity index (χ2v) is 8.94. The van der Waals surface area contributed by atoms with Gasteiger partial charge in [0.1, 0.15) is 0 Å². The molecule has 2 N–H and O–H groups in total. The average Bonchev–Trinajstić information content (AvgIpc) is 3.11. The van der Waals surface area contributed by atoms with Crippen molar-refractivity contribution >= 4 is 21.6 Å². The zero-order valence-electron chi connectivity index (χ0n) is 14.0. The molecule has 2 aliphatic rings. The number of halogens is 1. The van der Waals surface area contributed by atoms with Gasteiger partial charge in [-0.25, -0.2) is 8.42 Å². The third kappa shape index (κ3) is 3.03. The van der Waals surface area contributed by atoms with E-state index in [2.05, 4.69) is 10.1 Å². The molecule has 8 nitrogen and oxygen atoms in total. The summed E-state index contributed by atoms with van der Waals surface area (Å²) in [5.41, 5.74) is 6.03. The lowest BCUT2D eigenvalue weighted by molar-refractivity contribution is 0.0730. The number of nitrogens with two attached hydrogens (primary N) is 1. The van der Waals surface area contributed by atoms with Gasteiger partial charge in [-0.2, -0.15) is 9.29 Å². The van der Waals surface area contributed by atoms with E-state index in [9.17, 15) is 8.42 Å². The van der Waals surface area contributed by atoms with E-state index in [1.165, 1.54) is 22.5 Å². The summed E-state index contributed by atoms with van der Waals surface area (Å²) in [5, 5.41) is 4.30. The molecule has 1 aliphatic heterocycles. The molecule has 0 amide bonds. The first-order valence-corrected chi connectivity index (χ1v) is 10.2. The van der Waals surface area contributed by atoms with Gasteiger partial charge in [-0.1, -0.05) is 16.8 Å². The Labute approximate surface area is 156 Å². The van der Waals surface area contributed by atoms with Crippen LogP contribution in [0.15, 0.2) is 27.6 Å². The van der Waals surface area contributed by atoms with E-state index < -0.39 is 15.6 Å². The molecule has 26 heavy (non-hydrogen) atoms. The van der Waals surface area contributed by atoms with E-state index in [1.807, 2.05) is 0 Å². The molecule has 2 fully saturated rings. The quantitative estimate of drug-likeness (QED) is 0.834. The van der Waals surface area contributed by atoms with Crippen molar-refractivity contribution in [3.05, 3.63) is 29.0 Å². The van der Waals surface area contributed by atoms with Crippen LogP contribution in [0.3, 0.4) is 0 Å². The molecule has 4 rings (SSSR count). The van der Waals surface area contributed by atoms with Crippen LogP contribution in [0.1, 0.15) is 25.1 Å². The van der Waals surface area contributed by atoms with Gasteiger partial charge in [-0.3, -0.25) is 0 Å². The predicted octanol–water partition coefficient (Wildman–Crippen LogP) is 1.75. The number of rotatable bonds is 4. The van der Waals surface area contributed by atoms with E-state index in [-0.39, 0.29) is 10.8 Å². The van der Waals surface area contributed by atoms with Gasteiger partial charge in [0.15, 0.2) is 5.82 Å². The Morgan fingerprint density at radius 3 is 2.62 bits per heavy atom. The minimum absolute atomic E-state index is 0.129. The SMILES string of the molecule is NC1(c2noc(-c3cc(S(=O)(=O)N4CCOCC4)ccc3Cl)n2)CCC1. The normalized spacial score (nSPS) is 20.7. The summed E-state index contributed by atoms with van der Waals surface area (Å²) < 4.78 is 37.6. The topological polar surface area (TPSA) is 112 Å². The number of morpholine rings is 1. The summed E-state index contributed by atoms with van der Waals surface area (Å²) in [6.07, 6.45) is 2.62. The van der Waals surface area contributed by atoms with Crippen molar-refractivity contribution in [2.24, 2.45) is 5.73 Å². The first kappa shape index (κ1) is 17.9. The second kappa shape index (κ2) is 6.58. The molecule has 1 saturated heterocycles. The van der Waals surface area contributed by atoms with Crippen LogP contribution in [-0.4, -0.2) is 49.2 Å². The molecule has 10 heteroatoms. The highest BCUT2D eigenvalue weighted by molar-refractivity contribution is 7.89. The van der Waals surface area contributed by atoms with Gasteiger partial charge in [-0.05, 0) is 37.5 Å². The molecular formula is C16H19ClN4O4S. The smallest absolute Gasteiger partial charge is 0.259 e. The fraction of sp³-hybridized carbons (Fsp3) is 0.500. The molecule has 140 valence electrons. The van der Waals surface area contributed by atoms with Crippen LogP contribution in [-0.2, 0) is 20.3 Å². The first-order valence-electron chi connectivity index (χ1n) is 8.41. The van der Waals surface area contributed by atoms with Crippen LogP contribution < -0.4 is 5.73 Å². The van der Waals surface area contributed by atoms with E-state index in [0.29, 0.717) is 42.7 Å². The number of sulfonamides is 1. The number of nitrogens with zero attached hydrogens (tertiary/aromatic N) is 3. The minimum Gasteiger partial charge on any atom is -0.379 e. The van der Waals surface area contributed by atoms with Gasteiger partial charge < -0.3 is 15.0 Å². The predicted molar refractivity (Wildman–Crippen MR) is 94.0 cm³/mol. The van der Waals surface area contributed by atoms with Crippen molar-refractivity contribution < 1.29 is 17.7 Å². The molecule has 1 saturated carbocycles. The number of hydrogen-bond donors (Lipinski definition) is 1. The maximum atomic E-state index is 12.8. The Morgan fingerprint density at radius 1 is 1.23 bits per heavy atom. The molecule has 1 aliphatic carbocycles. The van der Waals surface area contributed by atoms with Crippen molar-refractivity contribution in [3.8, 4) is 11.5 Å². The molecule has 0 atom stereocenters. The van der Waals surface area contributed by atoms with Crippen LogP contribution in [0, 0.1) is 0 Å². The van der Waals surface area contributed by atoms with Crippen LogP contribution in [0.2, 0.25) is 5.02 Å². The number of hydrogen-bond acceptors (Lipinski definition) is 7. The van der Waals surface area contributed by atoms with Crippen molar-refractivity contribution in [2.45, 2.75) is 29.7 Å². The summed E-state index contributed by atoms with van der Waals surface area (Å²) in [4.78, 5) is 4.48. The summed E-state index contributed by atoms with van der Waals surface area (Å²) in [6, 6.07) is 4.47. The molecule has 0 bridgehead atoms. The van der Waals surface area contributed by atoms with Crippen LogP contribution in [0.4, 0.5) is 0 Å². The minimum atomic E-state index is -3.64. The van der Waals surface area contributed by atoms with Gasteiger partial charge in [-0.15, -0.1) is 0 Å². The Bertz CT molecular complexity index is 920. The Kier molecular flexibility index (Phi) is 4.52. The van der Waals surface area contributed by atoms with Crippen LogP contribution >= 0.6 is 11.6 Å². The lowest BCUT2D eigenvalue weighted by atomic mass is 9.77. The second-order valence-electron chi connectivity index (χ2n) is 6.59. The van der Waals surface area contributed by atoms with Gasteiger partial charge >= 0.3 is 0 Å². The van der Waals surface area contributed by atoms with Crippen molar-refractivity contribution in [2.75, 3.05) is 26.3 Å².